The third-order valence-corrected chi connectivity index (χ3v) is 4.95. The summed E-state index contributed by atoms with van der Waals surface area (Å²) >= 11 is 11.4. The van der Waals surface area contributed by atoms with Crippen LogP contribution in [0.15, 0.2) is 24.3 Å². The highest BCUT2D eigenvalue weighted by Gasteiger charge is 2.45. The van der Waals surface area contributed by atoms with E-state index in [1.54, 1.807) is 4.68 Å². The summed E-state index contributed by atoms with van der Waals surface area (Å²) < 4.78 is 15.0. The molecule has 120 valence electrons. The van der Waals surface area contributed by atoms with Crippen LogP contribution in [0.2, 0.25) is 5.02 Å². The molecule has 3 heterocycles. The maximum absolute atomic E-state index is 12.0. The first kappa shape index (κ1) is 15.0. The third-order valence-electron chi connectivity index (χ3n) is 4.23. The van der Waals surface area contributed by atoms with Crippen LogP contribution in [0.1, 0.15) is 12.5 Å². The molecule has 3 atom stereocenters. The van der Waals surface area contributed by atoms with Gasteiger partial charge in [0.15, 0.2) is 16.4 Å². The summed E-state index contributed by atoms with van der Waals surface area (Å²) in [6, 6.07) is 7.16. The Kier molecular flexibility index (Phi) is 3.60. The molecule has 23 heavy (non-hydrogen) atoms. The van der Waals surface area contributed by atoms with Crippen molar-refractivity contribution < 1.29 is 14.3 Å². The number of ketones is 1. The van der Waals surface area contributed by atoms with Gasteiger partial charge in [0.1, 0.15) is 6.10 Å². The summed E-state index contributed by atoms with van der Waals surface area (Å²) in [7, 11) is 1.86. The molecule has 1 aromatic carbocycles. The highest BCUT2D eigenvalue weighted by atomic mass is 35.5. The molecule has 2 aliphatic heterocycles. The first-order valence-corrected chi connectivity index (χ1v) is 8.04. The molecule has 0 amide bonds. The van der Waals surface area contributed by atoms with E-state index in [-0.39, 0.29) is 17.9 Å². The fraction of sp³-hybridized carbons (Fsp3) is 0.400. The van der Waals surface area contributed by atoms with E-state index in [2.05, 4.69) is 5.10 Å². The maximum Gasteiger partial charge on any atom is 0.218 e. The van der Waals surface area contributed by atoms with Crippen LogP contribution in [0.3, 0.4) is 0 Å². The molecule has 8 heteroatoms. The zero-order valence-electron chi connectivity index (χ0n) is 12.3. The molecule has 6 nitrogen and oxygen atoms in total. The lowest BCUT2D eigenvalue weighted by Crippen LogP contribution is -2.37. The molecule has 0 N–H and O–H groups in total. The first-order valence-electron chi connectivity index (χ1n) is 7.26. The molecule has 2 bridgehead atoms. The van der Waals surface area contributed by atoms with E-state index in [0.29, 0.717) is 22.8 Å². The molecule has 4 rings (SSSR count). The molecule has 0 unspecified atom stereocenters. The molecule has 0 saturated carbocycles. The topological polar surface area (TPSA) is 58.3 Å². The van der Waals surface area contributed by atoms with Gasteiger partial charge in [0.05, 0.1) is 12.6 Å². The highest BCUT2D eigenvalue weighted by molar-refractivity contribution is 7.71. The number of benzene rings is 1. The van der Waals surface area contributed by atoms with Crippen LogP contribution in [0.4, 0.5) is 0 Å². The lowest BCUT2D eigenvalue weighted by atomic mass is 10.0. The summed E-state index contributed by atoms with van der Waals surface area (Å²) in [5, 5.41) is 5.29. The highest BCUT2D eigenvalue weighted by Crippen LogP contribution is 2.33. The number of aromatic nitrogens is 3. The van der Waals surface area contributed by atoms with Crippen molar-refractivity contribution in [3.8, 4) is 11.4 Å². The van der Waals surface area contributed by atoms with Gasteiger partial charge in [0.25, 0.3) is 0 Å². The Morgan fingerprint density at radius 2 is 2.09 bits per heavy atom. The molecular weight excluding hydrogens is 338 g/mol. The molecule has 0 spiro atoms. The van der Waals surface area contributed by atoms with Crippen molar-refractivity contribution in [2.75, 3.05) is 6.61 Å². The molecule has 2 fully saturated rings. The molecule has 2 aliphatic rings. The largest absolute Gasteiger partial charge is 0.343 e. The van der Waals surface area contributed by atoms with E-state index < -0.39 is 6.29 Å². The van der Waals surface area contributed by atoms with Gasteiger partial charge in [-0.15, -0.1) is 0 Å². The zero-order valence-corrected chi connectivity index (χ0v) is 13.9. The van der Waals surface area contributed by atoms with Gasteiger partial charge in [-0.1, -0.05) is 11.6 Å². The standard InChI is InChI=1S/C15H14ClN3O3S/c1-18-13(8-2-4-9(16)5-3-8)17-19(15(18)23)10-6-11(20)14-21-7-12(10)22-14/h2-5,10,12,14H,6-7H2,1H3/t10-,12-,14+/m1/s1. The number of nitrogens with zero attached hydrogens (tertiary/aromatic N) is 3. The lowest BCUT2D eigenvalue weighted by molar-refractivity contribution is -0.156. The predicted molar refractivity (Wildman–Crippen MR) is 85.8 cm³/mol. The minimum absolute atomic E-state index is 0.0654. The molecular formula is C15H14ClN3O3S. The number of ether oxygens (including phenoxy) is 2. The summed E-state index contributed by atoms with van der Waals surface area (Å²) in [5.41, 5.74) is 0.908. The zero-order chi connectivity index (χ0) is 16.1. The number of Topliss-reactive ketones (excluding diaryl/α,β-unsaturated/α-hetero) is 1. The predicted octanol–water partition coefficient (Wildman–Crippen LogP) is 2.53. The molecule has 2 aromatic rings. The molecule has 1 aromatic heterocycles. The molecule has 2 saturated heterocycles. The van der Waals surface area contributed by atoms with Crippen molar-refractivity contribution in [3.05, 3.63) is 34.1 Å². The van der Waals surface area contributed by atoms with Gasteiger partial charge in [-0.2, -0.15) is 5.10 Å². The number of hydrogen-bond donors (Lipinski definition) is 0. The Labute approximate surface area is 142 Å². The molecule has 0 radical (unpaired) electrons. The second kappa shape index (κ2) is 5.52. The minimum Gasteiger partial charge on any atom is -0.343 e. The Balaban J connectivity index is 1.76. The second-order valence-electron chi connectivity index (χ2n) is 5.69. The Bertz CT molecular complexity index is 829. The van der Waals surface area contributed by atoms with Crippen molar-refractivity contribution in [3.63, 3.8) is 0 Å². The van der Waals surface area contributed by atoms with Gasteiger partial charge in [0.2, 0.25) is 6.29 Å². The number of hydrogen-bond acceptors (Lipinski definition) is 5. The fourth-order valence-corrected chi connectivity index (χ4v) is 3.38. The molecule has 0 aliphatic carbocycles. The summed E-state index contributed by atoms with van der Waals surface area (Å²) in [6.07, 6.45) is -0.594. The van der Waals surface area contributed by atoms with Gasteiger partial charge >= 0.3 is 0 Å². The van der Waals surface area contributed by atoms with Gasteiger partial charge in [-0.05, 0) is 36.5 Å². The summed E-state index contributed by atoms with van der Waals surface area (Å²) in [4.78, 5) is 12.0. The average molecular weight is 352 g/mol. The van der Waals surface area contributed by atoms with Gasteiger partial charge in [-0.3, -0.25) is 4.79 Å². The van der Waals surface area contributed by atoms with E-state index in [1.807, 2.05) is 35.9 Å². The first-order chi connectivity index (χ1) is 11.0. The smallest absolute Gasteiger partial charge is 0.218 e. The Morgan fingerprint density at radius 3 is 2.83 bits per heavy atom. The van der Waals surface area contributed by atoms with Crippen LogP contribution in [0.5, 0.6) is 0 Å². The SMILES string of the molecule is Cn1c(-c2ccc(Cl)cc2)nn([C@@H]2CC(=O)[C@H]3OC[C@H]2O3)c1=S. The third kappa shape index (κ3) is 2.44. The number of rotatable bonds is 2. The van der Waals surface area contributed by atoms with Crippen molar-refractivity contribution in [2.24, 2.45) is 7.05 Å². The summed E-state index contributed by atoms with van der Waals surface area (Å²) in [5.74, 6) is 0.657. The average Bonchev–Trinajstić information content (AvgIpc) is 3.09. The van der Waals surface area contributed by atoms with Crippen LogP contribution < -0.4 is 0 Å². The van der Waals surface area contributed by atoms with E-state index in [9.17, 15) is 4.79 Å². The quantitative estimate of drug-likeness (QED) is 0.778. The number of carbonyl (C=O) groups excluding carboxylic acids is 1. The van der Waals surface area contributed by atoms with Crippen LogP contribution >= 0.6 is 23.8 Å². The van der Waals surface area contributed by atoms with E-state index in [0.717, 1.165) is 11.4 Å². The van der Waals surface area contributed by atoms with Crippen molar-refractivity contribution in [1.82, 2.24) is 14.3 Å². The van der Waals surface area contributed by atoms with Gasteiger partial charge < -0.3 is 14.0 Å². The van der Waals surface area contributed by atoms with E-state index >= 15 is 0 Å². The number of halogens is 1. The normalized spacial score (nSPS) is 26.7. The van der Waals surface area contributed by atoms with Crippen LogP contribution in [0.25, 0.3) is 11.4 Å². The Morgan fingerprint density at radius 1 is 1.35 bits per heavy atom. The fourth-order valence-electron chi connectivity index (χ4n) is 2.99. The summed E-state index contributed by atoms with van der Waals surface area (Å²) in [6.45, 7) is 0.385. The maximum atomic E-state index is 12.0. The number of fused-ring (bicyclic) bond motifs is 2. The second-order valence-corrected chi connectivity index (χ2v) is 6.50. The van der Waals surface area contributed by atoms with Crippen molar-refractivity contribution in [2.45, 2.75) is 24.9 Å². The van der Waals surface area contributed by atoms with Gasteiger partial charge in [-0.25, -0.2) is 4.68 Å². The van der Waals surface area contributed by atoms with Crippen molar-refractivity contribution >= 4 is 29.6 Å². The Hall–Kier alpha value is -1.54. The van der Waals surface area contributed by atoms with Crippen LogP contribution in [-0.4, -0.2) is 39.1 Å². The monoisotopic (exact) mass is 351 g/mol. The van der Waals surface area contributed by atoms with E-state index in [1.165, 1.54) is 0 Å². The van der Waals surface area contributed by atoms with E-state index in [4.69, 9.17) is 33.3 Å². The van der Waals surface area contributed by atoms with Gasteiger partial charge in [0, 0.05) is 24.1 Å². The van der Waals surface area contributed by atoms with Crippen LogP contribution in [0, 0.1) is 4.77 Å². The lowest BCUT2D eigenvalue weighted by Gasteiger charge is -2.26. The van der Waals surface area contributed by atoms with Crippen molar-refractivity contribution in [1.29, 1.82) is 0 Å². The van der Waals surface area contributed by atoms with Crippen LogP contribution in [-0.2, 0) is 21.3 Å². The number of carbonyl (C=O) groups is 1. The minimum atomic E-state index is -0.718.